The van der Waals surface area contributed by atoms with E-state index in [2.05, 4.69) is 5.32 Å². The van der Waals surface area contributed by atoms with Crippen LogP contribution >= 0.6 is 0 Å². The Morgan fingerprint density at radius 2 is 1.47 bits per heavy atom. The monoisotopic (exact) mass is 430 g/mol. The first-order valence-electron chi connectivity index (χ1n) is 10.5. The van der Waals surface area contributed by atoms with E-state index in [1.165, 1.54) is 24.3 Å². The molecule has 0 bridgehead atoms. The molecule has 5 nitrogen and oxygen atoms in total. The zero-order chi connectivity index (χ0) is 22.5. The van der Waals surface area contributed by atoms with Crippen LogP contribution in [0.25, 0.3) is 0 Å². The predicted molar refractivity (Wildman–Crippen MR) is 118 cm³/mol. The molecule has 3 aromatic rings. The third-order valence-corrected chi connectivity index (χ3v) is 5.70. The Morgan fingerprint density at radius 3 is 2.09 bits per heavy atom. The first kappa shape index (κ1) is 21.4. The van der Waals surface area contributed by atoms with E-state index in [0.717, 1.165) is 16.0 Å². The molecular formula is C26H23FN2O3. The quantitative estimate of drug-likeness (QED) is 0.478. The molecule has 0 radical (unpaired) electrons. The van der Waals surface area contributed by atoms with Crippen molar-refractivity contribution in [2.75, 3.05) is 0 Å². The number of rotatable bonds is 6. The van der Waals surface area contributed by atoms with Gasteiger partial charge in [0.25, 0.3) is 0 Å². The summed E-state index contributed by atoms with van der Waals surface area (Å²) in [6, 6.07) is 24.2. The Hall–Kier alpha value is -3.80. The van der Waals surface area contributed by atoms with Crippen molar-refractivity contribution in [2.24, 2.45) is 5.92 Å². The smallest absolute Gasteiger partial charge is 0.242 e. The summed E-state index contributed by atoms with van der Waals surface area (Å²) in [6.07, 6.45) is -0.00632. The fourth-order valence-electron chi connectivity index (χ4n) is 4.02. The first-order valence-corrected chi connectivity index (χ1v) is 10.5. The molecule has 2 unspecified atom stereocenters. The third kappa shape index (κ3) is 4.75. The predicted octanol–water partition coefficient (Wildman–Crippen LogP) is 3.80. The van der Waals surface area contributed by atoms with Crippen LogP contribution in [-0.2, 0) is 27.5 Å². The first-order chi connectivity index (χ1) is 15.5. The average molecular weight is 430 g/mol. The lowest BCUT2D eigenvalue weighted by molar-refractivity contribution is -0.156. The zero-order valence-electron chi connectivity index (χ0n) is 17.4. The van der Waals surface area contributed by atoms with Crippen LogP contribution in [0.5, 0.6) is 0 Å². The number of carbonyl (C=O) groups is 3. The minimum absolute atomic E-state index is 0.00632. The van der Waals surface area contributed by atoms with Crippen LogP contribution in [0.4, 0.5) is 4.39 Å². The van der Waals surface area contributed by atoms with E-state index in [1.807, 2.05) is 60.7 Å². The molecular weight excluding hydrogens is 407 g/mol. The van der Waals surface area contributed by atoms with Gasteiger partial charge in [-0.25, -0.2) is 4.39 Å². The second-order valence-corrected chi connectivity index (χ2v) is 7.85. The fraction of sp³-hybridized carbons (Fsp3) is 0.192. The van der Waals surface area contributed by atoms with Gasteiger partial charge < -0.3 is 5.32 Å². The second kappa shape index (κ2) is 9.56. The molecule has 1 aliphatic rings. The van der Waals surface area contributed by atoms with E-state index in [4.69, 9.17) is 0 Å². The number of hydrogen-bond donors (Lipinski definition) is 1. The summed E-state index contributed by atoms with van der Waals surface area (Å²) in [7, 11) is 0. The standard InChI is InChI=1S/C26H23FN2O3/c27-21-13-11-20(12-14-21)22-15-23(30)29(17-19-9-5-2-6-10-19)26(32)24(22)25(31)28-16-18-7-3-1-4-8-18/h1-14,22,24H,15-17H2,(H,28,31). The highest BCUT2D eigenvalue weighted by molar-refractivity contribution is 6.10. The number of benzene rings is 3. The van der Waals surface area contributed by atoms with Crippen LogP contribution in [0, 0.1) is 11.7 Å². The Balaban J connectivity index is 1.61. The summed E-state index contributed by atoms with van der Waals surface area (Å²) in [5, 5.41) is 2.84. The lowest BCUT2D eigenvalue weighted by Gasteiger charge is -2.36. The van der Waals surface area contributed by atoms with Crippen LogP contribution in [-0.4, -0.2) is 22.6 Å². The minimum Gasteiger partial charge on any atom is -0.351 e. The Labute approximate surface area is 185 Å². The Bertz CT molecular complexity index is 1100. The summed E-state index contributed by atoms with van der Waals surface area (Å²) in [5.74, 6) is -3.48. The summed E-state index contributed by atoms with van der Waals surface area (Å²) in [6.45, 7) is 0.378. The van der Waals surface area contributed by atoms with Crippen LogP contribution < -0.4 is 5.32 Å². The van der Waals surface area contributed by atoms with Gasteiger partial charge in [-0.15, -0.1) is 0 Å². The highest BCUT2D eigenvalue weighted by Gasteiger charge is 2.45. The molecule has 32 heavy (non-hydrogen) atoms. The van der Waals surface area contributed by atoms with Crippen LogP contribution in [0.3, 0.4) is 0 Å². The minimum atomic E-state index is -1.08. The normalized spacial score (nSPS) is 18.5. The summed E-state index contributed by atoms with van der Waals surface area (Å²) < 4.78 is 13.5. The van der Waals surface area contributed by atoms with Crippen molar-refractivity contribution in [2.45, 2.75) is 25.4 Å². The van der Waals surface area contributed by atoms with Gasteiger partial charge in [-0.3, -0.25) is 19.3 Å². The molecule has 3 aromatic carbocycles. The lowest BCUT2D eigenvalue weighted by Crippen LogP contribution is -2.52. The van der Waals surface area contributed by atoms with E-state index in [-0.39, 0.29) is 25.4 Å². The highest BCUT2D eigenvalue weighted by Crippen LogP contribution is 2.35. The fourth-order valence-corrected chi connectivity index (χ4v) is 4.02. The maximum Gasteiger partial charge on any atom is 0.242 e. The van der Waals surface area contributed by atoms with Crippen LogP contribution in [0.2, 0.25) is 0 Å². The SMILES string of the molecule is O=C(NCc1ccccc1)C1C(=O)N(Cc2ccccc2)C(=O)CC1c1ccc(F)cc1. The van der Waals surface area contributed by atoms with Gasteiger partial charge in [0.15, 0.2) is 0 Å². The van der Waals surface area contributed by atoms with E-state index >= 15 is 0 Å². The maximum absolute atomic E-state index is 13.5. The maximum atomic E-state index is 13.5. The number of hydrogen-bond acceptors (Lipinski definition) is 3. The van der Waals surface area contributed by atoms with Gasteiger partial charge in [-0.2, -0.15) is 0 Å². The third-order valence-electron chi connectivity index (χ3n) is 5.70. The number of nitrogens with one attached hydrogen (secondary N) is 1. The molecule has 1 fully saturated rings. The van der Waals surface area contributed by atoms with Gasteiger partial charge in [0.05, 0.1) is 6.54 Å². The number of likely N-dealkylation sites (tertiary alicyclic amines) is 1. The van der Waals surface area contributed by atoms with Gasteiger partial charge in [0.1, 0.15) is 11.7 Å². The molecule has 0 aromatic heterocycles. The Kier molecular flexibility index (Phi) is 6.40. The number of amides is 3. The molecule has 6 heteroatoms. The van der Waals surface area contributed by atoms with Crippen molar-refractivity contribution in [1.29, 1.82) is 0 Å². The van der Waals surface area contributed by atoms with E-state index in [9.17, 15) is 18.8 Å². The van der Waals surface area contributed by atoms with Gasteiger partial charge in [-0.1, -0.05) is 72.8 Å². The largest absolute Gasteiger partial charge is 0.351 e. The number of carbonyl (C=O) groups excluding carboxylic acids is 3. The molecule has 0 aliphatic carbocycles. The number of piperidine rings is 1. The van der Waals surface area contributed by atoms with Crippen molar-refractivity contribution in [3.8, 4) is 0 Å². The van der Waals surface area contributed by atoms with Crippen LogP contribution in [0.15, 0.2) is 84.9 Å². The molecule has 1 saturated heterocycles. The van der Waals surface area contributed by atoms with Gasteiger partial charge in [0, 0.05) is 18.9 Å². The number of halogens is 1. The molecule has 162 valence electrons. The summed E-state index contributed by atoms with van der Waals surface area (Å²) in [4.78, 5) is 40.7. The molecule has 3 amide bonds. The summed E-state index contributed by atoms with van der Waals surface area (Å²) >= 11 is 0. The lowest BCUT2D eigenvalue weighted by atomic mass is 9.78. The summed E-state index contributed by atoms with van der Waals surface area (Å²) in [5.41, 5.74) is 2.30. The van der Waals surface area contributed by atoms with Crippen molar-refractivity contribution in [3.63, 3.8) is 0 Å². The molecule has 0 spiro atoms. The number of imide groups is 1. The van der Waals surface area contributed by atoms with E-state index in [1.54, 1.807) is 0 Å². The molecule has 1 heterocycles. The van der Waals surface area contributed by atoms with Crippen molar-refractivity contribution >= 4 is 17.7 Å². The average Bonchev–Trinajstić information content (AvgIpc) is 2.82. The number of nitrogens with zero attached hydrogens (tertiary/aromatic N) is 1. The molecule has 0 saturated carbocycles. The van der Waals surface area contributed by atoms with Crippen molar-refractivity contribution in [1.82, 2.24) is 10.2 Å². The molecule has 1 N–H and O–H groups in total. The van der Waals surface area contributed by atoms with Crippen molar-refractivity contribution < 1.29 is 18.8 Å². The molecule has 4 rings (SSSR count). The topological polar surface area (TPSA) is 66.5 Å². The molecule has 1 aliphatic heterocycles. The van der Waals surface area contributed by atoms with Gasteiger partial charge in [0.2, 0.25) is 17.7 Å². The van der Waals surface area contributed by atoms with Crippen LogP contribution in [0.1, 0.15) is 29.0 Å². The second-order valence-electron chi connectivity index (χ2n) is 7.85. The van der Waals surface area contributed by atoms with E-state index < -0.39 is 29.5 Å². The highest BCUT2D eigenvalue weighted by atomic mass is 19.1. The van der Waals surface area contributed by atoms with E-state index in [0.29, 0.717) is 5.56 Å². The van der Waals surface area contributed by atoms with Gasteiger partial charge >= 0.3 is 0 Å². The zero-order valence-corrected chi connectivity index (χ0v) is 17.4. The van der Waals surface area contributed by atoms with Crippen molar-refractivity contribution in [3.05, 3.63) is 107 Å². The molecule has 2 atom stereocenters. The Morgan fingerprint density at radius 1 is 0.875 bits per heavy atom. The van der Waals surface area contributed by atoms with Gasteiger partial charge in [-0.05, 0) is 28.8 Å².